The van der Waals surface area contributed by atoms with E-state index in [4.69, 9.17) is 0 Å². The maximum Gasteiger partial charge on any atom is 0.325 e. The van der Waals surface area contributed by atoms with Crippen LogP contribution in [0.5, 0.6) is 0 Å². The third kappa shape index (κ3) is 5.18. The third-order valence-electron chi connectivity index (χ3n) is 6.18. The second kappa shape index (κ2) is 10.2. The van der Waals surface area contributed by atoms with Crippen LogP contribution in [-0.2, 0) is 26.0 Å². The second-order valence-corrected chi connectivity index (χ2v) is 10.2. The summed E-state index contributed by atoms with van der Waals surface area (Å²) in [5, 5.41) is 11.9. The molecule has 4 rings (SSSR count). The van der Waals surface area contributed by atoms with Crippen molar-refractivity contribution in [2.24, 2.45) is 0 Å². The van der Waals surface area contributed by atoms with Crippen LogP contribution >= 0.6 is 0 Å². The number of hydrogen-bond donors (Lipinski definition) is 1. The van der Waals surface area contributed by atoms with Gasteiger partial charge in [0.05, 0.1) is 10.5 Å². The summed E-state index contributed by atoms with van der Waals surface area (Å²) in [6, 6.07) is 16.2. The van der Waals surface area contributed by atoms with Gasteiger partial charge < -0.3 is 10.2 Å². The van der Waals surface area contributed by atoms with Crippen LogP contribution in [0.3, 0.4) is 0 Å². The Labute approximate surface area is 203 Å². The van der Waals surface area contributed by atoms with E-state index in [2.05, 4.69) is 5.32 Å². The van der Waals surface area contributed by atoms with Crippen molar-refractivity contribution in [3.8, 4) is 6.07 Å². The van der Waals surface area contributed by atoms with Crippen molar-refractivity contribution in [2.75, 3.05) is 32.7 Å². The molecule has 1 N–H and O–H groups in total. The summed E-state index contributed by atoms with van der Waals surface area (Å²) in [4.78, 5) is 40.1. The number of nitrogens with zero attached hydrogens (tertiary/aromatic N) is 4. The van der Waals surface area contributed by atoms with Gasteiger partial charge in [-0.3, -0.25) is 14.5 Å². The van der Waals surface area contributed by atoms with Gasteiger partial charge in [-0.2, -0.15) is 9.57 Å². The quantitative estimate of drug-likeness (QED) is 0.569. The molecular formula is C24H25N5O5S. The van der Waals surface area contributed by atoms with E-state index in [-0.39, 0.29) is 36.6 Å². The highest BCUT2D eigenvalue weighted by molar-refractivity contribution is 7.89. The molecule has 2 aliphatic rings. The number of rotatable bonds is 7. The van der Waals surface area contributed by atoms with E-state index >= 15 is 0 Å². The molecule has 0 radical (unpaired) electrons. The third-order valence-corrected chi connectivity index (χ3v) is 8.14. The van der Waals surface area contributed by atoms with Gasteiger partial charge in [0, 0.05) is 26.2 Å². The lowest BCUT2D eigenvalue weighted by Gasteiger charge is -2.34. The van der Waals surface area contributed by atoms with Crippen molar-refractivity contribution in [3.05, 3.63) is 65.7 Å². The van der Waals surface area contributed by atoms with Gasteiger partial charge in [0.1, 0.15) is 18.7 Å². The number of imide groups is 1. The van der Waals surface area contributed by atoms with Crippen molar-refractivity contribution in [2.45, 2.75) is 23.8 Å². The van der Waals surface area contributed by atoms with Crippen LogP contribution in [0.15, 0.2) is 59.5 Å². The molecule has 0 aromatic heterocycles. The zero-order valence-electron chi connectivity index (χ0n) is 19.0. The predicted octanol–water partition coefficient (Wildman–Crippen LogP) is 0.944. The van der Waals surface area contributed by atoms with Crippen molar-refractivity contribution in [3.63, 3.8) is 0 Å². The monoisotopic (exact) mass is 495 g/mol. The lowest BCUT2D eigenvalue weighted by Crippen LogP contribution is -2.53. The number of nitriles is 1. The zero-order valence-corrected chi connectivity index (χ0v) is 19.8. The molecule has 2 aliphatic heterocycles. The lowest BCUT2D eigenvalue weighted by molar-refractivity contribution is -0.138. The van der Waals surface area contributed by atoms with Crippen LogP contribution in [-0.4, -0.2) is 79.1 Å². The summed E-state index contributed by atoms with van der Waals surface area (Å²) in [5.74, 6) is -0.861. The second-order valence-electron chi connectivity index (χ2n) is 8.34. The number of piperazine rings is 1. The Morgan fingerprint density at radius 2 is 1.66 bits per heavy atom. The summed E-state index contributed by atoms with van der Waals surface area (Å²) >= 11 is 0. The average Bonchev–Trinajstić information content (AvgIpc) is 3.15. The number of aryl methyl sites for hydroxylation is 1. The lowest BCUT2D eigenvalue weighted by atomic mass is 10.1. The van der Waals surface area contributed by atoms with Crippen LogP contribution in [0.1, 0.15) is 17.5 Å². The van der Waals surface area contributed by atoms with E-state index in [1.54, 1.807) is 12.1 Å². The van der Waals surface area contributed by atoms with Crippen LogP contribution in [0, 0.1) is 11.3 Å². The number of benzene rings is 2. The highest BCUT2D eigenvalue weighted by Gasteiger charge is 2.40. The molecule has 35 heavy (non-hydrogen) atoms. The van der Waals surface area contributed by atoms with Gasteiger partial charge in [-0.25, -0.2) is 13.2 Å². The number of nitrogens with one attached hydrogen (secondary N) is 1. The SMILES string of the molecule is N#Cc1ccccc1S(=O)(=O)N1CCN(C(=O)CN2C(=O)N[C@@H](CCc3ccccc3)C2=O)CC1. The highest BCUT2D eigenvalue weighted by Crippen LogP contribution is 2.21. The summed E-state index contributed by atoms with van der Waals surface area (Å²) < 4.78 is 27.2. The van der Waals surface area contributed by atoms with Gasteiger partial charge in [0.15, 0.2) is 0 Å². The first kappa shape index (κ1) is 24.4. The first-order chi connectivity index (χ1) is 16.8. The summed E-state index contributed by atoms with van der Waals surface area (Å²) in [5.41, 5.74) is 1.11. The molecule has 2 saturated heterocycles. The van der Waals surface area contributed by atoms with E-state index in [1.165, 1.54) is 21.3 Å². The molecule has 10 nitrogen and oxygen atoms in total. The molecular weight excluding hydrogens is 470 g/mol. The van der Waals surface area contributed by atoms with E-state index in [1.807, 2.05) is 36.4 Å². The van der Waals surface area contributed by atoms with Crippen molar-refractivity contribution < 1.29 is 22.8 Å². The normalized spacial score (nSPS) is 18.9. The predicted molar refractivity (Wildman–Crippen MR) is 125 cm³/mol. The van der Waals surface area contributed by atoms with E-state index < -0.39 is 40.5 Å². The van der Waals surface area contributed by atoms with Crippen molar-refractivity contribution in [1.82, 2.24) is 19.4 Å². The average molecular weight is 496 g/mol. The molecule has 2 fully saturated rings. The molecule has 182 valence electrons. The Morgan fingerprint density at radius 3 is 2.34 bits per heavy atom. The summed E-state index contributed by atoms with van der Waals surface area (Å²) in [7, 11) is -3.89. The minimum atomic E-state index is -3.89. The largest absolute Gasteiger partial charge is 0.338 e. The fraction of sp³-hybridized carbons (Fsp3) is 0.333. The summed E-state index contributed by atoms with van der Waals surface area (Å²) in [6.45, 7) is -0.0559. The van der Waals surface area contributed by atoms with Gasteiger partial charge in [0.25, 0.3) is 5.91 Å². The fourth-order valence-corrected chi connectivity index (χ4v) is 5.78. The molecule has 2 aromatic rings. The van der Waals surface area contributed by atoms with Gasteiger partial charge in [-0.1, -0.05) is 42.5 Å². The standard InChI is InChI=1S/C24H25N5O5S/c25-16-19-8-4-5-9-21(19)35(33,34)28-14-12-27(13-15-28)22(30)17-29-23(31)20(26-24(29)32)11-10-18-6-2-1-3-7-18/h1-9,20H,10-15,17H2,(H,26,32)/t20-/m0/s1. The maximum absolute atomic E-state index is 13.0. The van der Waals surface area contributed by atoms with E-state index in [0.29, 0.717) is 12.8 Å². The molecule has 0 spiro atoms. The Morgan fingerprint density at radius 1 is 1.00 bits per heavy atom. The highest BCUT2D eigenvalue weighted by atomic mass is 32.2. The Balaban J connectivity index is 1.32. The molecule has 0 saturated carbocycles. The first-order valence-electron chi connectivity index (χ1n) is 11.2. The molecule has 1 atom stereocenters. The zero-order chi connectivity index (χ0) is 25.0. The Hall–Kier alpha value is -3.75. The van der Waals surface area contributed by atoms with Gasteiger partial charge >= 0.3 is 6.03 Å². The van der Waals surface area contributed by atoms with Crippen LogP contribution in [0.4, 0.5) is 4.79 Å². The van der Waals surface area contributed by atoms with Gasteiger partial charge in [0.2, 0.25) is 15.9 Å². The van der Waals surface area contributed by atoms with E-state index in [9.17, 15) is 28.1 Å². The van der Waals surface area contributed by atoms with Crippen LogP contribution in [0.25, 0.3) is 0 Å². The molecule has 11 heteroatoms. The molecule has 4 amide bonds. The van der Waals surface area contributed by atoms with Crippen LogP contribution < -0.4 is 5.32 Å². The van der Waals surface area contributed by atoms with Gasteiger partial charge in [-0.15, -0.1) is 0 Å². The topological polar surface area (TPSA) is 131 Å². The molecule has 0 bridgehead atoms. The van der Waals surface area contributed by atoms with Crippen molar-refractivity contribution >= 4 is 27.9 Å². The van der Waals surface area contributed by atoms with Gasteiger partial charge in [-0.05, 0) is 30.5 Å². The van der Waals surface area contributed by atoms with Crippen LogP contribution in [0.2, 0.25) is 0 Å². The molecule has 0 aliphatic carbocycles. The van der Waals surface area contributed by atoms with Crippen molar-refractivity contribution in [1.29, 1.82) is 5.26 Å². The molecule has 0 unspecified atom stereocenters. The first-order valence-corrected chi connectivity index (χ1v) is 12.7. The number of hydrogen-bond acceptors (Lipinski definition) is 6. The Kier molecular flexibility index (Phi) is 7.14. The maximum atomic E-state index is 13.0. The number of carbonyl (C=O) groups excluding carboxylic acids is 3. The number of amides is 4. The summed E-state index contributed by atoms with van der Waals surface area (Å²) in [6.07, 6.45) is 1.05. The number of sulfonamides is 1. The minimum Gasteiger partial charge on any atom is -0.338 e. The molecule has 2 heterocycles. The smallest absolute Gasteiger partial charge is 0.325 e. The number of urea groups is 1. The van der Waals surface area contributed by atoms with E-state index in [0.717, 1.165) is 10.5 Å². The number of carbonyl (C=O) groups is 3. The minimum absolute atomic E-state index is 0.0493. The fourth-order valence-electron chi connectivity index (χ4n) is 4.21. The Bertz CT molecular complexity index is 1270. The molecule has 2 aromatic carbocycles.